The predicted molar refractivity (Wildman–Crippen MR) is 74.3 cm³/mol. The zero-order valence-corrected chi connectivity index (χ0v) is 12.0. The maximum atomic E-state index is 12.6. The van der Waals surface area contributed by atoms with Gasteiger partial charge in [-0.15, -0.1) is 0 Å². The molecule has 0 aromatic carbocycles. The first-order valence-corrected chi connectivity index (χ1v) is 6.95. The Hall–Kier alpha value is -2.22. The van der Waals surface area contributed by atoms with E-state index in [2.05, 4.69) is 15.1 Å². The lowest BCUT2D eigenvalue weighted by molar-refractivity contribution is -0.00293. The van der Waals surface area contributed by atoms with Crippen LogP contribution in [0.15, 0.2) is 11.0 Å². The van der Waals surface area contributed by atoms with Gasteiger partial charge >= 0.3 is 0 Å². The van der Waals surface area contributed by atoms with Crippen LogP contribution in [0, 0.1) is 6.92 Å². The topological polar surface area (TPSA) is 92.6 Å². The highest BCUT2D eigenvalue weighted by molar-refractivity contribution is 5.94. The number of carbonyl (C=O) groups is 1. The van der Waals surface area contributed by atoms with Crippen molar-refractivity contribution in [1.82, 2.24) is 24.5 Å². The van der Waals surface area contributed by atoms with Gasteiger partial charge in [0.2, 0.25) is 0 Å². The summed E-state index contributed by atoms with van der Waals surface area (Å²) in [5.74, 6) is 0.536. The molecule has 8 heteroatoms. The van der Waals surface area contributed by atoms with Crippen LogP contribution in [0.4, 0.5) is 0 Å². The standard InChI is InChI=1S/C13H17N5O3/c1-3-9-7-21-5-4-17(9)11(19)10-6-14-13-15-8(2)16-18(13)12(10)20/h6,9H,3-5,7H2,1-2H3,(H,14,15,16)/t9-/m0/s1. The lowest BCUT2D eigenvalue weighted by atomic mass is 10.1. The van der Waals surface area contributed by atoms with Crippen molar-refractivity contribution < 1.29 is 9.53 Å². The second kappa shape index (κ2) is 5.28. The van der Waals surface area contributed by atoms with Crippen LogP contribution in [0.1, 0.15) is 29.5 Å². The van der Waals surface area contributed by atoms with Crippen molar-refractivity contribution >= 4 is 11.7 Å². The summed E-state index contributed by atoms with van der Waals surface area (Å²) in [6, 6.07) is -0.00477. The van der Waals surface area contributed by atoms with Gasteiger partial charge in [0.25, 0.3) is 17.2 Å². The number of nitrogens with zero attached hydrogens (tertiary/aromatic N) is 4. The molecule has 112 valence electrons. The third-order valence-corrected chi connectivity index (χ3v) is 3.67. The van der Waals surface area contributed by atoms with Crippen molar-refractivity contribution in [2.75, 3.05) is 19.8 Å². The minimum Gasteiger partial charge on any atom is -0.377 e. The van der Waals surface area contributed by atoms with Crippen molar-refractivity contribution in [2.24, 2.45) is 0 Å². The van der Waals surface area contributed by atoms with Gasteiger partial charge in [-0.2, -0.15) is 9.50 Å². The third-order valence-electron chi connectivity index (χ3n) is 3.67. The first-order valence-electron chi connectivity index (χ1n) is 6.95. The van der Waals surface area contributed by atoms with Crippen LogP contribution in [0.5, 0.6) is 0 Å². The van der Waals surface area contributed by atoms with Gasteiger partial charge in [-0.05, 0) is 13.3 Å². The molecule has 1 atom stereocenters. The van der Waals surface area contributed by atoms with Gasteiger partial charge in [0, 0.05) is 12.7 Å². The molecule has 3 heterocycles. The quantitative estimate of drug-likeness (QED) is 0.839. The number of ether oxygens (including phenoxy) is 1. The van der Waals surface area contributed by atoms with Gasteiger partial charge in [0.1, 0.15) is 11.4 Å². The molecule has 2 aromatic rings. The first kappa shape index (κ1) is 13.7. The molecule has 21 heavy (non-hydrogen) atoms. The fourth-order valence-electron chi connectivity index (χ4n) is 2.52. The molecule has 1 amide bonds. The Bertz CT molecular complexity index is 735. The molecule has 0 aliphatic carbocycles. The summed E-state index contributed by atoms with van der Waals surface area (Å²) in [6.07, 6.45) is 2.09. The molecule has 0 bridgehead atoms. The molecule has 8 nitrogen and oxygen atoms in total. The molecule has 0 saturated carbocycles. The van der Waals surface area contributed by atoms with Gasteiger partial charge in [-0.25, -0.2) is 4.98 Å². The van der Waals surface area contributed by atoms with Crippen molar-refractivity contribution in [3.63, 3.8) is 0 Å². The number of nitrogens with one attached hydrogen (secondary N) is 1. The van der Waals surface area contributed by atoms with E-state index < -0.39 is 5.56 Å². The number of H-pyrrole nitrogens is 1. The zero-order valence-electron chi connectivity index (χ0n) is 12.0. The van der Waals surface area contributed by atoms with Crippen LogP contribution in [-0.4, -0.2) is 56.2 Å². The number of aromatic amines is 1. The van der Waals surface area contributed by atoms with Crippen molar-refractivity contribution in [3.05, 3.63) is 27.9 Å². The average molecular weight is 291 g/mol. The zero-order chi connectivity index (χ0) is 15.0. The van der Waals surface area contributed by atoms with Gasteiger partial charge in [0.05, 0.1) is 19.3 Å². The van der Waals surface area contributed by atoms with E-state index in [-0.39, 0.29) is 23.3 Å². The van der Waals surface area contributed by atoms with Crippen LogP contribution < -0.4 is 5.56 Å². The van der Waals surface area contributed by atoms with Gasteiger partial charge < -0.3 is 9.64 Å². The van der Waals surface area contributed by atoms with E-state index in [9.17, 15) is 9.59 Å². The Morgan fingerprint density at radius 1 is 1.57 bits per heavy atom. The van der Waals surface area contributed by atoms with Crippen LogP contribution in [0.25, 0.3) is 5.78 Å². The Labute approximate surface area is 120 Å². The Morgan fingerprint density at radius 3 is 3.14 bits per heavy atom. The van der Waals surface area contributed by atoms with Crippen molar-refractivity contribution in [1.29, 1.82) is 0 Å². The second-order valence-corrected chi connectivity index (χ2v) is 5.06. The summed E-state index contributed by atoms with van der Waals surface area (Å²) >= 11 is 0. The van der Waals surface area contributed by atoms with Gasteiger partial charge in [0.15, 0.2) is 0 Å². The molecular formula is C13H17N5O3. The second-order valence-electron chi connectivity index (χ2n) is 5.06. The number of fused-ring (bicyclic) bond motifs is 1. The Balaban J connectivity index is 2.01. The number of carbonyl (C=O) groups excluding carboxylic acids is 1. The summed E-state index contributed by atoms with van der Waals surface area (Å²) in [7, 11) is 0. The smallest absolute Gasteiger partial charge is 0.286 e. The van der Waals surface area contributed by atoms with E-state index in [1.807, 2.05) is 6.92 Å². The van der Waals surface area contributed by atoms with E-state index >= 15 is 0 Å². The largest absolute Gasteiger partial charge is 0.377 e. The van der Waals surface area contributed by atoms with E-state index in [1.54, 1.807) is 11.8 Å². The molecule has 1 fully saturated rings. The van der Waals surface area contributed by atoms with Crippen LogP contribution >= 0.6 is 0 Å². The molecule has 0 unspecified atom stereocenters. The van der Waals surface area contributed by atoms with E-state index in [4.69, 9.17) is 4.74 Å². The Morgan fingerprint density at radius 2 is 2.38 bits per heavy atom. The number of amides is 1. The van der Waals surface area contributed by atoms with Crippen LogP contribution in [0.2, 0.25) is 0 Å². The molecule has 1 aliphatic heterocycles. The van der Waals surface area contributed by atoms with E-state index in [0.29, 0.717) is 25.6 Å². The molecule has 3 rings (SSSR count). The molecule has 1 N–H and O–H groups in total. The van der Waals surface area contributed by atoms with E-state index in [1.165, 1.54) is 10.7 Å². The van der Waals surface area contributed by atoms with Crippen LogP contribution in [-0.2, 0) is 4.74 Å². The lowest BCUT2D eigenvalue weighted by Gasteiger charge is -2.34. The molecule has 2 aromatic heterocycles. The fourth-order valence-corrected chi connectivity index (χ4v) is 2.52. The summed E-state index contributed by atoms with van der Waals surface area (Å²) in [6.45, 7) is 5.20. The van der Waals surface area contributed by atoms with Gasteiger partial charge in [-0.3, -0.25) is 14.7 Å². The highest BCUT2D eigenvalue weighted by Crippen LogP contribution is 2.13. The molecule has 1 saturated heterocycles. The van der Waals surface area contributed by atoms with Crippen LogP contribution in [0.3, 0.4) is 0 Å². The normalized spacial score (nSPS) is 19.1. The third kappa shape index (κ3) is 2.31. The number of morpholine rings is 1. The average Bonchev–Trinajstić information content (AvgIpc) is 2.88. The van der Waals surface area contributed by atoms with E-state index in [0.717, 1.165) is 6.42 Å². The highest BCUT2D eigenvalue weighted by atomic mass is 16.5. The van der Waals surface area contributed by atoms with Gasteiger partial charge in [-0.1, -0.05) is 6.92 Å². The maximum Gasteiger partial charge on any atom is 0.286 e. The highest BCUT2D eigenvalue weighted by Gasteiger charge is 2.29. The number of aromatic nitrogens is 4. The molecule has 0 spiro atoms. The minimum absolute atomic E-state index is 0.00477. The van der Waals surface area contributed by atoms with Crippen molar-refractivity contribution in [3.8, 4) is 0 Å². The molecule has 0 radical (unpaired) electrons. The number of aryl methyl sites for hydroxylation is 1. The summed E-state index contributed by atoms with van der Waals surface area (Å²) in [5, 5.41) is 2.79. The SMILES string of the molecule is CC[C@H]1COCCN1C(=O)c1cnc2nc(C)[nH]n2c1=O. The molecular weight excluding hydrogens is 274 g/mol. The number of rotatable bonds is 2. The minimum atomic E-state index is -0.424. The first-order chi connectivity index (χ1) is 10.1. The Kier molecular flexibility index (Phi) is 3.46. The molecule has 1 aliphatic rings. The monoisotopic (exact) mass is 291 g/mol. The number of hydrogen-bond acceptors (Lipinski definition) is 5. The fraction of sp³-hybridized carbons (Fsp3) is 0.538. The van der Waals surface area contributed by atoms with Crippen molar-refractivity contribution in [2.45, 2.75) is 26.3 Å². The summed E-state index contributed by atoms with van der Waals surface area (Å²) in [4.78, 5) is 34.8. The summed E-state index contributed by atoms with van der Waals surface area (Å²) in [5.41, 5.74) is -0.372. The predicted octanol–water partition coefficient (Wildman–Crippen LogP) is -0.0230. The lowest BCUT2D eigenvalue weighted by Crippen LogP contribution is -2.49. The number of hydrogen-bond donors (Lipinski definition) is 1. The summed E-state index contributed by atoms with van der Waals surface area (Å²) < 4.78 is 6.58. The maximum absolute atomic E-state index is 12.6.